The summed E-state index contributed by atoms with van der Waals surface area (Å²) in [5, 5.41) is 0.965. The fourth-order valence-corrected chi connectivity index (χ4v) is 3.04. The van der Waals surface area contributed by atoms with Crippen LogP contribution >= 0.6 is 0 Å². The zero-order chi connectivity index (χ0) is 16.5. The van der Waals surface area contributed by atoms with E-state index in [0.29, 0.717) is 18.5 Å². The van der Waals surface area contributed by atoms with Gasteiger partial charge in [0.1, 0.15) is 11.5 Å². The summed E-state index contributed by atoms with van der Waals surface area (Å²) in [4.78, 5) is 22.0. The molecule has 1 aromatic carbocycles. The molecular formula is C19H18FN3O. The standard InChI is InChI=1S/C19H18FN3O/c20-17-6-2-1-4-13(17)12-23(15-7-8-15)18(24)10-14-11-22-19-16(14)5-3-9-21-19/h1-6,9,11,15H,7-8,10,12H2,(H,21,22). The van der Waals surface area contributed by atoms with Crippen molar-refractivity contribution in [2.75, 3.05) is 0 Å². The highest BCUT2D eigenvalue weighted by Gasteiger charge is 2.33. The van der Waals surface area contributed by atoms with Crippen LogP contribution in [0, 0.1) is 5.82 Å². The summed E-state index contributed by atoms with van der Waals surface area (Å²) in [7, 11) is 0. The molecule has 122 valence electrons. The van der Waals surface area contributed by atoms with Crippen molar-refractivity contribution in [3.8, 4) is 0 Å². The van der Waals surface area contributed by atoms with E-state index in [0.717, 1.165) is 29.4 Å². The van der Waals surface area contributed by atoms with Crippen LogP contribution in [0.4, 0.5) is 4.39 Å². The molecule has 0 saturated heterocycles. The molecule has 24 heavy (non-hydrogen) atoms. The Labute approximate surface area is 139 Å². The van der Waals surface area contributed by atoms with Gasteiger partial charge in [-0.15, -0.1) is 0 Å². The first kappa shape index (κ1) is 14.9. The fraction of sp³-hybridized carbons (Fsp3) is 0.263. The molecule has 5 heteroatoms. The van der Waals surface area contributed by atoms with E-state index < -0.39 is 0 Å². The molecule has 0 atom stereocenters. The maximum Gasteiger partial charge on any atom is 0.227 e. The lowest BCUT2D eigenvalue weighted by atomic mass is 10.1. The predicted octanol–water partition coefficient (Wildman–Crippen LogP) is 3.44. The molecule has 1 saturated carbocycles. The number of carbonyl (C=O) groups excluding carboxylic acids is 1. The summed E-state index contributed by atoms with van der Waals surface area (Å²) in [6.07, 6.45) is 5.85. The Balaban J connectivity index is 1.55. The molecule has 2 aromatic heterocycles. The Morgan fingerprint density at radius 3 is 2.83 bits per heavy atom. The third-order valence-corrected chi connectivity index (χ3v) is 4.48. The first-order valence-corrected chi connectivity index (χ1v) is 8.16. The van der Waals surface area contributed by atoms with Gasteiger partial charge in [0.15, 0.2) is 0 Å². The molecule has 2 heterocycles. The van der Waals surface area contributed by atoms with Crippen molar-refractivity contribution in [2.24, 2.45) is 0 Å². The molecule has 0 aliphatic heterocycles. The number of pyridine rings is 1. The number of aromatic nitrogens is 2. The second-order valence-corrected chi connectivity index (χ2v) is 6.23. The molecule has 4 nitrogen and oxygen atoms in total. The van der Waals surface area contributed by atoms with Gasteiger partial charge in [0.25, 0.3) is 0 Å². The highest BCUT2D eigenvalue weighted by atomic mass is 19.1. The van der Waals surface area contributed by atoms with Crippen LogP contribution in [-0.4, -0.2) is 26.8 Å². The van der Waals surface area contributed by atoms with E-state index in [4.69, 9.17) is 0 Å². The largest absolute Gasteiger partial charge is 0.346 e. The number of rotatable bonds is 5. The summed E-state index contributed by atoms with van der Waals surface area (Å²) in [5.41, 5.74) is 2.29. The van der Waals surface area contributed by atoms with Crippen LogP contribution in [0.2, 0.25) is 0 Å². The van der Waals surface area contributed by atoms with Gasteiger partial charge in [-0.05, 0) is 36.6 Å². The lowest BCUT2D eigenvalue weighted by molar-refractivity contribution is -0.131. The number of fused-ring (bicyclic) bond motifs is 1. The number of amides is 1. The fourth-order valence-electron chi connectivity index (χ4n) is 3.04. The summed E-state index contributed by atoms with van der Waals surface area (Å²) in [6, 6.07) is 10.7. The number of H-pyrrole nitrogens is 1. The molecular weight excluding hydrogens is 305 g/mol. The maximum atomic E-state index is 13.9. The highest BCUT2D eigenvalue weighted by molar-refractivity contribution is 5.87. The van der Waals surface area contributed by atoms with Crippen molar-refractivity contribution in [3.05, 3.63) is 65.7 Å². The Kier molecular flexibility index (Phi) is 3.76. The van der Waals surface area contributed by atoms with Gasteiger partial charge in [0.2, 0.25) is 5.91 Å². The van der Waals surface area contributed by atoms with Crippen LogP contribution in [0.15, 0.2) is 48.8 Å². The van der Waals surface area contributed by atoms with E-state index in [2.05, 4.69) is 9.97 Å². The van der Waals surface area contributed by atoms with Crippen molar-refractivity contribution in [1.29, 1.82) is 0 Å². The molecule has 4 rings (SSSR count). The van der Waals surface area contributed by atoms with Crippen molar-refractivity contribution >= 4 is 16.9 Å². The molecule has 0 bridgehead atoms. The Morgan fingerprint density at radius 1 is 1.21 bits per heavy atom. The van der Waals surface area contributed by atoms with Gasteiger partial charge in [0, 0.05) is 35.9 Å². The highest BCUT2D eigenvalue weighted by Crippen LogP contribution is 2.30. The third-order valence-electron chi connectivity index (χ3n) is 4.48. The van der Waals surface area contributed by atoms with Gasteiger partial charge in [0.05, 0.1) is 6.42 Å². The molecule has 0 unspecified atom stereocenters. The molecule has 1 amide bonds. The van der Waals surface area contributed by atoms with E-state index in [1.807, 2.05) is 23.2 Å². The monoisotopic (exact) mass is 323 g/mol. The Morgan fingerprint density at radius 2 is 2.04 bits per heavy atom. The predicted molar refractivity (Wildman–Crippen MR) is 89.8 cm³/mol. The van der Waals surface area contributed by atoms with Crippen molar-refractivity contribution < 1.29 is 9.18 Å². The van der Waals surface area contributed by atoms with E-state index in [1.54, 1.807) is 24.4 Å². The van der Waals surface area contributed by atoms with Crippen LogP contribution in [0.25, 0.3) is 11.0 Å². The second-order valence-electron chi connectivity index (χ2n) is 6.23. The van der Waals surface area contributed by atoms with E-state index in [1.165, 1.54) is 6.07 Å². The SMILES string of the molecule is O=C(Cc1c[nH]c2ncccc12)N(Cc1ccccc1F)C1CC1. The third kappa shape index (κ3) is 2.89. The van der Waals surface area contributed by atoms with Gasteiger partial charge >= 0.3 is 0 Å². The zero-order valence-electron chi connectivity index (χ0n) is 13.2. The van der Waals surface area contributed by atoms with Crippen LogP contribution < -0.4 is 0 Å². The molecule has 1 aliphatic carbocycles. The van der Waals surface area contributed by atoms with Gasteiger partial charge < -0.3 is 9.88 Å². The topological polar surface area (TPSA) is 49.0 Å². The van der Waals surface area contributed by atoms with Crippen molar-refractivity contribution in [2.45, 2.75) is 31.8 Å². The van der Waals surface area contributed by atoms with Gasteiger partial charge in [-0.25, -0.2) is 9.37 Å². The molecule has 1 fully saturated rings. The Bertz CT molecular complexity index is 885. The number of nitrogens with zero attached hydrogens (tertiary/aromatic N) is 2. The van der Waals surface area contributed by atoms with E-state index in [9.17, 15) is 9.18 Å². The molecule has 0 spiro atoms. The second kappa shape index (κ2) is 6.07. The molecule has 1 N–H and O–H groups in total. The number of nitrogens with one attached hydrogen (secondary N) is 1. The van der Waals surface area contributed by atoms with Crippen LogP contribution in [0.5, 0.6) is 0 Å². The number of carbonyl (C=O) groups is 1. The minimum Gasteiger partial charge on any atom is -0.346 e. The summed E-state index contributed by atoms with van der Waals surface area (Å²) >= 11 is 0. The zero-order valence-corrected chi connectivity index (χ0v) is 13.2. The lowest BCUT2D eigenvalue weighted by Gasteiger charge is -2.23. The number of hydrogen-bond acceptors (Lipinski definition) is 2. The quantitative estimate of drug-likeness (QED) is 0.782. The van der Waals surface area contributed by atoms with Gasteiger partial charge in [-0.1, -0.05) is 18.2 Å². The first-order valence-electron chi connectivity index (χ1n) is 8.16. The summed E-state index contributed by atoms with van der Waals surface area (Å²) in [5.74, 6) is -0.224. The van der Waals surface area contributed by atoms with Crippen molar-refractivity contribution in [1.82, 2.24) is 14.9 Å². The lowest BCUT2D eigenvalue weighted by Crippen LogP contribution is -2.34. The number of hydrogen-bond donors (Lipinski definition) is 1. The molecule has 1 aliphatic rings. The van der Waals surface area contributed by atoms with Gasteiger partial charge in [-0.2, -0.15) is 0 Å². The van der Waals surface area contributed by atoms with E-state index in [-0.39, 0.29) is 17.8 Å². The van der Waals surface area contributed by atoms with Crippen LogP contribution in [0.1, 0.15) is 24.0 Å². The smallest absolute Gasteiger partial charge is 0.227 e. The first-order chi connectivity index (χ1) is 11.7. The number of benzene rings is 1. The van der Waals surface area contributed by atoms with E-state index >= 15 is 0 Å². The van der Waals surface area contributed by atoms with Crippen molar-refractivity contribution in [3.63, 3.8) is 0 Å². The van der Waals surface area contributed by atoms with Gasteiger partial charge in [-0.3, -0.25) is 4.79 Å². The van der Waals surface area contributed by atoms with Crippen LogP contribution in [0.3, 0.4) is 0 Å². The number of halogens is 1. The summed E-state index contributed by atoms with van der Waals surface area (Å²) < 4.78 is 13.9. The molecule has 0 radical (unpaired) electrons. The average molecular weight is 323 g/mol. The maximum absolute atomic E-state index is 13.9. The number of aromatic amines is 1. The molecule has 3 aromatic rings. The summed E-state index contributed by atoms with van der Waals surface area (Å²) in [6.45, 7) is 0.330. The average Bonchev–Trinajstić information content (AvgIpc) is 3.36. The van der Waals surface area contributed by atoms with Crippen LogP contribution in [-0.2, 0) is 17.8 Å². The minimum absolute atomic E-state index is 0.0329. The Hall–Kier alpha value is -2.69. The minimum atomic E-state index is -0.257. The normalized spacial score (nSPS) is 14.0.